The van der Waals surface area contributed by atoms with Crippen LogP contribution in [-0.2, 0) is 11.3 Å². The van der Waals surface area contributed by atoms with Crippen LogP contribution in [0.25, 0.3) is 0 Å². The molecule has 0 unspecified atom stereocenters. The Kier molecular flexibility index (Phi) is 4.72. The van der Waals surface area contributed by atoms with Crippen LogP contribution in [0.15, 0.2) is 17.1 Å². The predicted molar refractivity (Wildman–Crippen MR) is 60.9 cm³/mol. The van der Waals surface area contributed by atoms with Crippen molar-refractivity contribution in [3.05, 3.63) is 30.0 Å². The molecule has 0 aromatic carbocycles. The summed E-state index contributed by atoms with van der Waals surface area (Å²) in [5.41, 5.74) is 0.856. The Morgan fingerprint density at radius 3 is 2.88 bits per heavy atom. The zero-order valence-corrected chi connectivity index (χ0v) is 9.67. The third-order valence-corrected chi connectivity index (χ3v) is 2.08. The molecule has 5 heteroatoms. The average Bonchev–Trinajstić information content (AvgIpc) is 2.56. The van der Waals surface area contributed by atoms with Crippen LogP contribution in [0.4, 0.5) is 0 Å². The van der Waals surface area contributed by atoms with Crippen molar-refractivity contribution in [3.63, 3.8) is 0 Å². The Labute approximate surface area is 94.9 Å². The Morgan fingerprint density at radius 1 is 1.56 bits per heavy atom. The van der Waals surface area contributed by atoms with E-state index in [1.807, 2.05) is 13.8 Å². The fraction of sp³-hybridized carbons (Fsp3) is 0.455. The molecule has 0 saturated carbocycles. The third kappa shape index (κ3) is 3.86. The largest absolute Gasteiger partial charge is 0.444 e. The number of carbonyl (C=O) groups excluding carboxylic acids is 1. The molecule has 16 heavy (non-hydrogen) atoms. The van der Waals surface area contributed by atoms with Gasteiger partial charge < -0.3 is 15.1 Å². The Hall–Kier alpha value is -1.62. The molecule has 88 valence electrons. The molecule has 2 N–H and O–H groups in total. The number of oxazole rings is 1. The maximum absolute atomic E-state index is 11.3. The number of rotatable bonds is 6. The summed E-state index contributed by atoms with van der Waals surface area (Å²) in [5.74, 6) is 1.23. The van der Waals surface area contributed by atoms with E-state index in [-0.39, 0.29) is 12.5 Å². The molecule has 1 aromatic heterocycles. The minimum absolute atomic E-state index is 0.0876. The van der Waals surface area contributed by atoms with Crippen molar-refractivity contribution >= 4 is 5.91 Å². The van der Waals surface area contributed by atoms with Crippen LogP contribution >= 0.6 is 0 Å². The van der Waals surface area contributed by atoms with Gasteiger partial charge >= 0.3 is 0 Å². The van der Waals surface area contributed by atoms with Gasteiger partial charge in [0.1, 0.15) is 5.76 Å². The van der Waals surface area contributed by atoms with E-state index in [0.717, 1.165) is 11.5 Å². The van der Waals surface area contributed by atoms with Crippen molar-refractivity contribution in [3.8, 4) is 0 Å². The van der Waals surface area contributed by atoms with Gasteiger partial charge in [0.15, 0.2) is 0 Å². The molecule has 0 radical (unpaired) electrons. The van der Waals surface area contributed by atoms with Crippen molar-refractivity contribution in [2.24, 2.45) is 0 Å². The van der Waals surface area contributed by atoms with Gasteiger partial charge in [0.05, 0.1) is 18.8 Å². The summed E-state index contributed by atoms with van der Waals surface area (Å²) in [5, 5.41) is 5.61. The Bertz CT molecular complexity index is 352. The van der Waals surface area contributed by atoms with Crippen molar-refractivity contribution in [2.75, 3.05) is 13.1 Å². The van der Waals surface area contributed by atoms with Crippen LogP contribution in [-0.4, -0.2) is 24.0 Å². The molecule has 0 aliphatic rings. The summed E-state index contributed by atoms with van der Waals surface area (Å²) in [7, 11) is 0. The van der Waals surface area contributed by atoms with Crippen molar-refractivity contribution < 1.29 is 9.21 Å². The van der Waals surface area contributed by atoms with Crippen LogP contribution < -0.4 is 10.6 Å². The first-order valence-corrected chi connectivity index (χ1v) is 5.14. The van der Waals surface area contributed by atoms with Gasteiger partial charge in [0.2, 0.25) is 11.8 Å². The molecule has 0 aliphatic heterocycles. The fourth-order valence-electron chi connectivity index (χ4n) is 1.14. The molecule has 1 amide bonds. The summed E-state index contributed by atoms with van der Waals surface area (Å²) in [4.78, 5) is 15.5. The van der Waals surface area contributed by atoms with E-state index in [1.54, 1.807) is 6.08 Å². The topological polar surface area (TPSA) is 67.2 Å². The quantitative estimate of drug-likeness (QED) is 0.550. The van der Waals surface area contributed by atoms with Crippen LogP contribution in [0.1, 0.15) is 17.3 Å². The zero-order valence-electron chi connectivity index (χ0n) is 9.67. The minimum atomic E-state index is -0.0876. The van der Waals surface area contributed by atoms with Crippen LogP contribution in [0, 0.1) is 13.8 Å². The SMILES string of the molecule is C=CCNCC(=O)NCc1nc(C)c(C)o1. The van der Waals surface area contributed by atoms with E-state index in [9.17, 15) is 4.79 Å². The number of hydrogen-bond donors (Lipinski definition) is 2. The lowest BCUT2D eigenvalue weighted by atomic mass is 10.4. The highest BCUT2D eigenvalue weighted by Gasteiger charge is 2.06. The van der Waals surface area contributed by atoms with E-state index in [2.05, 4.69) is 22.2 Å². The fourth-order valence-corrected chi connectivity index (χ4v) is 1.14. The van der Waals surface area contributed by atoms with Crippen molar-refractivity contribution in [1.82, 2.24) is 15.6 Å². The van der Waals surface area contributed by atoms with E-state index in [1.165, 1.54) is 0 Å². The van der Waals surface area contributed by atoms with Gasteiger partial charge in [-0.25, -0.2) is 4.98 Å². The second-order valence-corrected chi connectivity index (χ2v) is 3.45. The molecule has 0 bridgehead atoms. The first-order valence-electron chi connectivity index (χ1n) is 5.14. The molecule has 1 heterocycles. The van der Waals surface area contributed by atoms with E-state index in [4.69, 9.17) is 4.42 Å². The van der Waals surface area contributed by atoms with Crippen molar-refractivity contribution in [1.29, 1.82) is 0 Å². The number of aryl methyl sites for hydroxylation is 2. The minimum Gasteiger partial charge on any atom is -0.444 e. The number of aromatic nitrogens is 1. The molecular formula is C11H17N3O2. The molecule has 5 nitrogen and oxygen atoms in total. The van der Waals surface area contributed by atoms with Gasteiger partial charge in [-0.2, -0.15) is 0 Å². The standard InChI is InChI=1S/C11H17N3O2/c1-4-5-12-6-10(15)13-7-11-14-8(2)9(3)16-11/h4,12H,1,5-7H2,2-3H3,(H,13,15). The first-order chi connectivity index (χ1) is 7.63. The lowest BCUT2D eigenvalue weighted by Crippen LogP contribution is -2.33. The second kappa shape index (κ2) is 6.07. The van der Waals surface area contributed by atoms with Crippen LogP contribution in [0.5, 0.6) is 0 Å². The number of hydrogen-bond acceptors (Lipinski definition) is 4. The molecule has 0 saturated heterocycles. The summed E-state index contributed by atoms with van der Waals surface area (Å²) >= 11 is 0. The summed E-state index contributed by atoms with van der Waals surface area (Å²) in [6.07, 6.45) is 1.70. The normalized spacial score (nSPS) is 10.1. The highest BCUT2D eigenvalue weighted by molar-refractivity contribution is 5.77. The lowest BCUT2D eigenvalue weighted by molar-refractivity contribution is -0.120. The molecule has 0 atom stereocenters. The van der Waals surface area contributed by atoms with Crippen LogP contribution in [0.2, 0.25) is 0 Å². The van der Waals surface area contributed by atoms with Gasteiger partial charge in [-0.1, -0.05) is 6.08 Å². The maximum Gasteiger partial charge on any atom is 0.234 e. The molecule has 0 fully saturated rings. The summed E-state index contributed by atoms with van der Waals surface area (Å²) in [6, 6.07) is 0. The number of nitrogens with zero attached hydrogens (tertiary/aromatic N) is 1. The number of amides is 1. The molecular weight excluding hydrogens is 206 g/mol. The van der Waals surface area contributed by atoms with E-state index >= 15 is 0 Å². The van der Waals surface area contributed by atoms with E-state index < -0.39 is 0 Å². The highest BCUT2D eigenvalue weighted by Crippen LogP contribution is 2.07. The molecule has 1 aromatic rings. The smallest absolute Gasteiger partial charge is 0.234 e. The monoisotopic (exact) mass is 223 g/mol. The molecule has 1 rings (SSSR count). The maximum atomic E-state index is 11.3. The van der Waals surface area contributed by atoms with Gasteiger partial charge in [-0.15, -0.1) is 6.58 Å². The Morgan fingerprint density at radius 2 is 2.31 bits per heavy atom. The first kappa shape index (κ1) is 12.4. The molecule has 0 aliphatic carbocycles. The van der Waals surface area contributed by atoms with E-state index in [0.29, 0.717) is 19.0 Å². The second-order valence-electron chi connectivity index (χ2n) is 3.45. The highest BCUT2D eigenvalue weighted by atomic mass is 16.4. The van der Waals surface area contributed by atoms with Crippen LogP contribution in [0.3, 0.4) is 0 Å². The Balaban J connectivity index is 2.28. The van der Waals surface area contributed by atoms with Gasteiger partial charge in [0, 0.05) is 6.54 Å². The zero-order chi connectivity index (χ0) is 12.0. The average molecular weight is 223 g/mol. The molecule has 0 spiro atoms. The summed E-state index contributed by atoms with van der Waals surface area (Å²) < 4.78 is 5.33. The number of carbonyl (C=O) groups is 1. The number of nitrogens with one attached hydrogen (secondary N) is 2. The summed E-state index contributed by atoms with van der Waals surface area (Å²) in [6.45, 7) is 8.47. The lowest BCUT2D eigenvalue weighted by Gasteiger charge is -2.02. The predicted octanol–water partition coefficient (Wildman–Crippen LogP) is 0.683. The van der Waals surface area contributed by atoms with Gasteiger partial charge in [0.25, 0.3) is 0 Å². The van der Waals surface area contributed by atoms with Crippen molar-refractivity contribution in [2.45, 2.75) is 20.4 Å². The third-order valence-electron chi connectivity index (χ3n) is 2.08. The van der Waals surface area contributed by atoms with Gasteiger partial charge in [-0.3, -0.25) is 4.79 Å². The van der Waals surface area contributed by atoms with Gasteiger partial charge in [-0.05, 0) is 13.8 Å².